The van der Waals surface area contributed by atoms with Crippen molar-refractivity contribution in [1.82, 2.24) is 4.98 Å². The fourth-order valence-corrected chi connectivity index (χ4v) is 2.83. The number of aromatic nitrogens is 1. The van der Waals surface area contributed by atoms with Gasteiger partial charge in [0.15, 0.2) is 0 Å². The quantitative estimate of drug-likeness (QED) is 0.760. The van der Waals surface area contributed by atoms with Gasteiger partial charge in [0.05, 0.1) is 16.1 Å². The van der Waals surface area contributed by atoms with E-state index in [1.54, 1.807) is 11.3 Å². The Morgan fingerprint density at radius 2 is 2.18 bits per heavy atom. The lowest BCUT2D eigenvalue weighted by Gasteiger charge is -2.09. The minimum absolute atomic E-state index is 1.04. The van der Waals surface area contributed by atoms with Crippen LogP contribution in [0.3, 0.4) is 0 Å². The number of aryl methyl sites for hydroxylation is 2. The third-order valence-corrected chi connectivity index (χ3v) is 3.93. The molecule has 1 heterocycles. The number of benzene rings is 1. The number of thiazole rings is 1. The highest BCUT2D eigenvalue weighted by atomic mass is 32.1. The van der Waals surface area contributed by atoms with Crippen LogP contribution < -0.4 is 0 Å². The van der Waals surface area contributed by atoms with E-state index in [4.69, 9.17) is 0 Å². The second-order valence-electron chi connectivity index (χ2n) is 4.27. The van der Waals surface area contributed by atoms with Crippen LogP contribution in [0.25, 0.3) is 16.0 Å². The molecule has 1 aromatic carbocycles. The second-order valence-corrected chi connectivity index (χ2v) is 5.13. The smallest absolute Gasteiger partial charge is 0.0801 e. The Balaban J connectivity index is 2.52. The van der Waals surface area contributed by atoms with Crippen molar-refractivity contribution in [3.05, 3.63) is 47.1 Å². The Kier molecular flexibility index (Phi) is 3.43. The SMILES string of the molecule is C=C(C)c1ccc(-c2scnc2C)cc1CC. The topological polar surface area (TPSA) is 12.9 Å². The van der Waals surface area contributed by atoms with Crippen molar-refractivity contribution < 1.29 is 0 Å². The second kappa shape index (κ2) is 4.84. The number of rotatable bonds is 3. The molecule has 0 saturated heterocycles. The normalized spacial score (nSPS) is 10.5. The molecule has 1 nitrogen and oxygen atoms in total. The molecule has 0 unspecified atom stereocenters. The van der Waals surface area contributed by atoms with Gasteiger partial charge in [-0.15, -0.1) is 11.3 Å². The summed E-state index contributed by atoms with van der Waals surface area (Å²) in [6.07, 6.45) is 1.04. The molecular formula is C15H17NS. The molecule has 0 bridgehead atoms. The highest BCUT2D eigenvalue weighted by molar-refractivity contribution is 7.13. The minimum Gasteiger partial charge on any atom is -0.249 e. The van der Waals surface area contributed by atoms with Crippen molar-refractivity contribution in [2.24, 2.45) is 0 Å². The maximum Gasteiger partial charge on any atom is 0.0801 e. The molecule has 0 aliphatic rings. The molecule has 1 aromatic heterocycles. The molecule has 88 valence electrons. The van der Waals surface area contributed by atoms with Crippen molar-refractivity contribution in [2.75, 3.05) is 0 Å². The molecular weight excluding hydrogens is 226 g/mol. The summed E-state index contributed by atoms with van der Waals surface area (Å²) in [5, 5.41) is 0. The van der Waals surface area contributed by atoms with Crippen LogP contribution in [0, 0.1) is 6.92 Å². The first kappa shape index (κ1) is 12.1. The summed E-state index contributed by atoms with van der Waals surface area (Å²) in [5.41, 5.74) is 8.06. The zero-order valence-electron chi connectivity index (χ0n) is 10.6. The summed E-state index contributed by atoms with van der Waals surface area (Å²) in [7, 11) is 0. The lowest BCUT2D eigenvalue weighted by atomic mass is 9.97. The van der Waals surface area contributed by atoms with E-state index in [0.29, 0.717) is 0 Å². The van der Waals surface area contributed by atoms with Gasteiger partial charge in [-0.3, -0.25) is 0 Å². The molecule has 0 atom stereocenters. The van der Waals surface area contributed by atoms with E-state index >= 15 is 0 Å². The third kappa shape index (κ3) is 2.32. The molecule has 0 saturated carbocycles. The van der Waals surface area contributed by atoms with Gasteiger partial charge in [0.1, 0.15) is 0 Å². The van der Waals surface area contributed by atoms with E-state index in [-0.39, 0.29) is 0 Å². The number of hydrogen-bond donors (Lipinski definition) is 0. The Morgan fingerprint density at radius 1 is 1.41 bits per heavy atom. The largest absolute Gasteiger partial charge is 0.249 e. The van der Waals surface area contributed by atoms with Crippen molar-refractivity contribution in [3.8, 4) is 10.4 Å². The van der Waals surface area contributed by atoms with Gasteiger partial charge in [-0.2, -0.15) is 0 Å². The average Bonchev–Trinajstić information content (AvgIpc) is 2.74. The van der Waals surface area contributed by atoms with Crippen LogP contribution in [0.5, 0.6) is 0 Å². The van der Waals surface area contributed by atoms with Crippen LogP contribution in [0.15, 0.2) is 30.3 Å². The van der Waals surface area contributed by atoms with Gasteiger partial charge < -0.3 is 0 Å². The number of hydrogen-bond acceptors (Lipinski definition) is 2. The summed E-state index contributed by atoms with van der Waals surface area (Å²) in [6, 6.07) is 6.61. The maximum atomic E-state index is 4.31. The molecule has 2 rings (SSSR count). The fourth-order valence-electron chi connectivity index (χ4n) is 2.02. The van der Waals surface area contributed by atoms with Crippen LogP contribution in [0.2, 0.25) is 0 Å². The van der Waals surface area contributed by atoms with Gasteiger partial charge in [0.2, 0.25) is 0 Å². The Hall–Kier alpha value is -1.41. The molecule has 0 radical (unpaired) electrons. The van der Waals surface area contributed by atoms with Crippen LogP contribution in [0.4, 0.5) is 0 Å². The van der Waals surface area contributed by atoms with Crippen molar-refractivity contribution in [3.63, 3.8) is 0 Å². The number of allylic oxidation sites excluding steroid dienone is 1. The standard InChI is InChI=1S/C15H17NS/c1-5-12-8-13(6-7-14(12)10(2)3)15-11(4)16-9-17-15/h6-9H,2,5H2,1,3-4H3. The molecule has 2 heteroatoms. The van der Waals surface area contributed by atoms with Crippen LogP contribution >= 0.6 is 11.3 Å². The molecule has 0 spiro atoms. The monoisotopic (exact) mass is 243 g/mol. The highest BCUT2D eigenvalue weighted by Gasteiger charge is 2.08. The van der Waals surface area contributed by atoms with Crippen molar-refractivity contribution in [1.29, 1.82) is 0 Å². The predicted octanol–water partition coefficient (Wildman–Crippen LogP) is 4.71. The first-order valence-electron chi connectivity index (χ1n) is 5.82. The van der Waals surface area contributed by atoms with E-state index in [1.807, 2.05) is 5.51 Å². The molecule has 0 aliphatic heterocycles. The zero-order chi connectivity index (χ0) is 12.4. The van der Waals surface area contributed by atoms with Gasteiger partial charge in [0.25, 0.3) is 0 Å². The average molecular weight is 243 g/mol. The number of nitrogens with zero attached hydrogens (tertiary/aromatic N) is 1. The minimum atomic E-state index is 1.04. The molecule has 0 aliphatic carbocycles. The van der Waals surface area contributed by atoms with Gasteiger partial charge in [-0.25, -0.2) is 4.98 Å². The first-order valence-corrected chi connectivity index (χ1v) is 6.70. The van der Waals surface area contributed by atoms with Gasteiger partial charge in [-0.05, 0) is 43.0 Å². The molecule has 0 amide bonds. The fraction of sp³-hybridized carbons (Fsp3) is 0.267. The molecule has 17 heavy (non-hydrogen) atoms. The summed E-state index contributed by atoms with van der Waals surface area (Å²) in [6.45, 7) is 10.3. The van der Waals surface area contributed by atoms with Crippen molar-refractivity contribution >= 4 is 16.9 Å². The maximum absolute atomic E-state index is 4.31. The third-order valence-electron chi connectivity index (χ3n) is 2.95. The first-order chi connectivity index (χ1) is 8.13. The van der Waals surface area contributed by atoms with Crippen LogP contribution in [-0.4, -0.2) is 4.98 Å². The highest BCUT2D eigenvalue weighted by Crippen LogP contribution is 2.30. The summed E-state index contributed by atoms with van der Waals surface area (Å²) in [5.74, 6) is 0. The molecule has 0 N–H and O–H groups in total. The van der Waals surface area contributed by atoms with E-state index < -0.39 is 0 Å². The Labute approximate surface area is 107 Å². The summed E-state index contributed by atoms with van der Waals surface area (Å²) >= 11 is 1.70. The van der Waals surface area contributed by atoms with Gasteiger partial charge in [-0.1, -0.05) is 31.2 Å². The van der Waals surface area contributed by atoms with E-state index in [1.165, 1.54) is 21.6 Å². The lowest BCUT2D eigenvalue weighted by Crippen LogP contribution is -1.90. The Bertz CT molecular complexity index is 552. The van der Waals surface area contributed by atoms with Crippen LogP contribution in [-0.2, 0) is 6.42 Å². The lowest BCUT2D eigenvalue weighted by molar-refractivity contribution is 1.13. The summed E-state index contributed by atoms with van der Waals surface area (Å²) < 4.78 is 0. The van der Waals surface area contributed by atoms with E-state index in [2.05, 4.69) is 50.5 Å². The molecule has 0 fully saturated rings. The van der Waals surface area contributed by atoms with Crippen molar-refractivity contribution in [2.45, 2.75) is 27.2 Å². The van der Waals surface area contributed by atoms with Crippen LogP contribution in [0.1, 0.15) is 30.7 Å². The predicted molar refractivity (Wildman–Crippen MR) is 76.4 cm³/mol. The Morgan fingerprint density at radius 3 is 2.71 bits per heavy atom. The summed E-state index contributed by atoms with van der Waals surface area (Å²) in [4.78, 5) is 5.58. The van der Waals surface area contributed by atoms with E-state index in [9.17, 15) is 0 Å². The molecule has 2 aromatic rings. The zero-order valence-corrected chi connectivity index (χ0v) is 11.4. The van der Waals surface area contributed by atoms with Gasteiger partial charge >= 0.3 is 0 Å². The van der Waals surface area contributed by atoms with E-state index in [0.717, 1.165) is 17.7 Å². The van der Waals surface area contributed by atoms with Gasteiger partial charge in [0, 0.05) is 0 Å².